The second-order valence-corrected chi connectivity index (χ2v) is 6.47. The van der Waals surface area contributed by atoms with Gasteiger partial charge in [-0.1, -0.05) is 0 Å². The number of aromatic nitrogens is 1. The molecule has 0 aromatic carbocycles. The van der Waals surface area contributed by atoms with Crippen molar-refractivity contribution < 1.29 is 17.9 Å². The van der Waals surface area contributed by atoms with Gasteiger partial charge in [0.15, 0.2) is 0 Å². The van der Waals surface area contributed by atoms with Gasteiger partial charge in [0.25, 0.3) is 0 Å². The van der Waals surface area contributed by atoms with E-state index in [9.17, 15) is 13.2 Å². The molecule has 1 unspecified atom stereocenters. The molecule has 122 valence electrons. The van der Waals surface area contributed by atoms with Crippen molar-refractivity contribution in [1.82, 2.24) is 9.88 Å². The van der Waals surface area contributed by atoms with Gasteiger partial charge in [-0.05, 0) is 28.4 Å². The molecule has 2 aliphatic heterocycles. The molecule has 0 aliphatic carbocycles. The average molecular weight is 380 g/mol. The van der Waals surface area contributed by atoms with Crippen molar-refractivity contribution in [3.63, 3.8) is 0 Å². The van der Waals surface area contributed by atoms with Gasteiger partial charge in [0, 0.05) is 42.9 Å². The van der Waals surface area contributed by atoms with Crippen LogP contribution >= 0.6 is 15.9 Å². The van der Waals surface area contributed by atoms with Gasteiger partial charge in [0.05, 0.1) is 18.8 Å². The Labute approximate surface area is 135 Å². The van der Waals surface area contributed by atoms with Gasteiger partial charge in [-0.25, -0.2) is 4.98 Å². The van der Waals surface area contributed by atoms with Crippen molar-refractivity contribution in [2.75, 3.05) is 44.3 Å². The van der Waals surface area contributed by atoms with Crippen LogP contribution in [0.1, 0.15) is 12.0 Å². The van der Waals surface area contributed by atoms with E-state index in [0.29, 0.717) is 30.8 Å². The van der Waals surface area contributed by atoms with Gasteiger partial charge in [0.1, 0.15) is 5.82 Å². The number of hydrogen-bond acceptors (Lipinski definition) is 4. The normalized spacial score (nSPS) is 24.0. The quantitative estimate of drug-likeness (QED) is 0.789. The first-order chi connectivity index (χ1) is 10.4. The van der Waals surface area contributed by atoms with E-state index in [1.807, 2.05) is 0 Å². The van der Waals surface area contributed by atoms with Gasteiger partial charge in [-0.3, -0.25) is 4.90 Å². The Kier molecular flexibility index (Phi) is 4.61. The number of hydrogen-bond donors (Lipinski definition) is 0. The third-order valence-corrected chi connectivity index (χ3v) is 4.60. The number of pyridine rings is 1. The smallest absolute Gasteiger partial charge is 0.379 e. The molecule has 3 heterocycles. The average Bonchev–Trinajstić information content (AvgIpc) is 2.97. The molecule has 1 atom stereocenters. The molecule has 8 heteroatoms. The minimum atomic E-state index is -4.40. The van der Waals surface area contributed by atoms with Crippen molar-refractivity contribution in [1.29, 1.82) is 0 Å². The summed E-state index contributed by atoms with van der Waals surface area (Å²) in [6.07, 6.45) is -2.12. The lowest BCUT2D eigenvalue weighted by atomic mass is 10.2. The minimum absolute atomic E-state index is 0.0338. The van der Waals surface area contributed by atoms with Crippen LogP contribution in [0.4, 0.5) is 19.0 Å². The molecule has 0 spiro atoms. The van der Waals surface area contributed by atoms with E-state index in [1.54, 1.807) is 4.90 Å². The Hall–Kier alpha value is -0.860. The molecular formula is C14H17BrF3N3O. The summed E-state index contributed by atoms with van der Waals surface area (Å²) < 4.78 is 45.3. The fourth-order valence-electron chi connectivity index (χ4n) is 3.07. The van der Waals surface area contributed by atoms with E-state index in [2.05, 4.69) is 25.8 Å². The summed E-state index contributed by atoms with van der Waals surface area (Å²) in [4.78, 5) is 8.07. The summed E-state index contributed by atoms with van der Waals surface area (Å²) in [7, 11) is 0. The molecule has 1 aromatic heterocycles. The number of morpholine rings is 1. The summed E-state index contributed by atoms with van der Waals surface area (Å²) in [5.41, 5.74) is -0.676. The van der Waals surface area contributed by atoms with Crippen LogP contribution in [0, 0.1) is 0 Å². The molecule has 0 amide bonds. The molecule has 3 rings (SSSR count). The minimum Gasteiger partial charge on any atom is -0.379 e. The SMILES string of the molecule is FC(F)(F)c1cc(Br)cnc1N1CCC(N2CCOCC2)C1. The Balaban J connectivity index is 1.78. The van der Waals surface area contributed by atoms with Crippen LogP contribution in [0.5, 0.6) is 0 Å². The largest absolute Gasteiger partial charge is 0.419 e. The number of halogens is 4. The third-order valence-electron chi connectivity index (χ3n) is 4.16. The lowest BCUT2D eigenvalue weighted by Crippen LogP contribution is -2.44. The fourth-order valence-corrected chi connectivity index (χ4v) is 3.40. The fraction of sp³-hybridized carbons (Fsp3) is 0.643. The maximum atomic E-state index is 13.2. The number of ether oxygens (including phenoxy) is 1. The highest BCUT2D eigenvalue weighted by Gasteiger charge is 2.38. The van der Waals surface area contributed by atoms with E-state index in [-0.39, 0.29) is 11.9 Å². The molecule has 22 heavy (non-hydrogen) atoms. The van der Waals surface area contributed by atoms with Crippen LogP contribution in [0.2, 0.25) is 0 Å². The summed E-state index contributed by atoms with van der Waals surface area (Å²) in [5, 5.41) is 0. The molecule has 2 saturated heterocycles. The molecular weight excluding hydrogens is 363 g/mol. The van der Waals surface area contributed by atoms with Crippen molar-refractivity contribution in [3.05, 3.63) is 22.3 Å². The van der Waals surface area contributed by atoms with E-state index < -0.39 is 11.7 Å². The van der Waals surface area contributed by atoms with Crippen molar-refractivity contribution >= 4 is 21.7 Å². The predicted octanol–water partition coefficient (Wildman–Crippen LogP) is 2.77. The van der Waals surface area contributed by atoms with Crippen LogP contribution in [0.15, 0.2) is 16.7 Å². The molecule has 0 bridgehead atoms. The van der Waals surface area contributed by atoms with Gasteiger partial charge in [-0.2, -0.15) is 13.2 Å². The zero-order valence-electron chi connectivity index (χ0n) is 11.9. The van der Waals surface area contributed by atoms with Crippen molar-refractivity contribution in [2.24, 2.45) is 0 Å². The first-order valence-electron chi connectivity index (χ1n) is 7.24. The standard InChI is InChI=1S/C14H17BrF3N3O/c15-10-7-12(14(16,17)18)13(19-8-10)21-2-1-11(9-21)20-3-5-22-6-4-20/h7-8,11H,1-6,9H2. The number of nitrogens with zero attached hydrogens (tertiary/aromatic N) is 3. The zero-order valence-corrected chi connectivity index (χ0v) is 13.5. The molecule has 2 fully saturated rings. The summed E-state index contributed by atoms with van der Waals surface area (Å²) in [6.45, 7) is 4.26. The summed E-state index contributed by atoms with van der Waals surface area (Å²) in [5.74, 6) is 0.0338. The van der Waals surface area contributed by atoms with Gasteiger partial charge < -0.3 is 9.64 Å². The molecule has 1 aromatic rings. The topological polar surface area (TPSA) is 28.6 Å². The molecule has 4 nitrogen and oxygen atoms in total. The Morgan fingerprint density at radius 1 is 1.23 bits per heavy atom. The monoisotopic (exact) mass is 379 g/mol. The maximum Gasteiger partial charge on any atom is 0.419 e. The van der Waals surface area contributed by atoms with Crippen LogP contribution in [-0.4, -0.2) is 55.3 Å². The van der Waals surface area contributed by atoms with Crippen LogP contribution in [0.3, 0.4) is 0 Å². The zero-order chi connectivity index (χ0) is 15.7. The highest BCUT2D eigenvalue weighted by Crippen LogP contribution is 2.38. The molecule has 0 saturated carbocycles. The second kappa shape index (κ2) is 6.33. The number of anilines is 1. The summed E-state index contributed by atoms with van der Waals surface area (Å²) in [6, 6.07) is 1.38. The highest BCUT2D eigenvalue weighted by molar-refractivity contribution is 9.10. The predicted molar refractivity (Wildman–Crippen MR) is 79.9 cm³/mol. The van der Waals surface area contributed by atoms with Crippen LogP contribution < -0.4 is 4.90 Å². The highest BCUT2D eigenvalue weighted by atomic mass is 79.9. The van der Waals surface area contributed by atoms with Crippen molar-refractivity contribution in [2.45, 2.75) is 18.6 Å². The lowest BCUT2D eigenvalue weighted by Gasteiger charge is -2.32. The lowest BCUT2D eigenvalue weighted by molar-refractivity contribution is -0.137. The summed E-state index contributed by atoms with van der Waals surface area (Å²) >= 11 is 3.07. The van der Waals surface area contributed by atoms with E-state index in [0.717, 1.165) is 25.6 Å². The Bertz CT molecular complexity index is 535. The molecule has 2 aliphatic rings. The van der Waals surface area contributed by atoms with E-state index >= 15 is 0 Å². The van der Waals surface area contributed by atoms with Gasteiger partial charge in [0.2, 0.25) is 0 Å². The van der Waals surface area contributed by atoms with Crippen LogP contribution in [0.25, 0.3) is 0 Å². The van der Waals surface area contributed by atoms with Gasteiger partial charge >= 0.3 is 6.18 Å². The first kappa shape index (κ1) is 16.0. The van der Waals surface area contributed by atoms with Crippen LogP contribution in [-0.2, 0) is 10.9 Å². The Morgan fingerprint density at radius 2 is 1.95 bits per heavy atom. The van der Waals surface area contributed by atoms with E-state index in [4.69, 9.17) is 4.74 Å². The molecule has 0 N–H and O–H groups in total. The van der Waals surface area contributed by atoms with Crippen molar-refractivity contribution in [3.8, 4) is 0 Å². The maximum absolute atomic E-state index is 13.2. The Morgan fingerprint density at radius 3 is 2.64 bits per heavy atom. The van der Waals surface area contributed by atoms with Gasteiger partial charge in [-0.15, -0.1) is 0 Å². The molecule has 0 radical (unpaired) electrons. The number of alkyl halides is 3. The van der Waals surface area contributed by atoms with E-state index in [1.165, 1.54) is 6.20 Å². The first-order valence-corrected chi connectivity index (χ1v) is 8.04. The second-order valence-electron chi connectivity index (χ2n) is 5.56. The number of rotatable bonds is 2. The third kappa shape index (κ3) is 3.38.